The van der Waals surface area contributed by atoms with Crippen molar-refractivity contribution in [1.29, 1.82) is 0 Å². The van der Waals surface area contributed by atoms with E-state index >= 15 is 0 Å². The van der Waals surface area contributed by atoms with Crippen molar-refractivity contribution in [3.05, 3.63) is 18.2 Å². The summed E-state index contributed by atoms with van der Waals surface area (Å²) in [6.45, 7) is 6.52. The van der Waals surface area contributed by atoms with Gasteiger partial charge >= 0.3 is 0 Å². The predicted octanol–water partition coefficient (Wildman–Crippen LogP) is 4.49. The third kappa shape index (κ3) is 4.40. The van der Waals surface area contributed by atoms with Crippen molar-refractivity contribution in [2.75, 3.05) is 31.7 Å². The van der Waals surface area contributed by atoms with Gasteiger partial charge in [0.15, 0.2) is 6.61 Å². The molecule has 1 aromatic carbocycles. The van der Waals surface area contributed by atoms with Crippen LogP contribution in [0, 0.1) is 11.8 Å². The number of piperidine rings is 1. The number of hydrogen-bond acceptors (Lipinski definition) is 4. The Morgan fingerprint density at radius 2 is 1.97 bits per heavy atom. The molecule has 1 amide bonds. The first-order valence-electron chi connectivity index (χ1n) is 11.5. The van der Waals surface area contributed by atoms with E-state index in [0.717, 1.165) is 48.3 Å². The first-order valence-corrected chi connectivity index (χ1v) is 11.5. The summed E-state index contributed by atoms with van der Waals surface area (Å²) in [5.74, 6) is 2.92. The van der Waals surface area contributed by atoms with Crippen LogP contribution in [-0.4, -0.2) is 49.7 Å². The van der Waals surface area contributed by atoms with E-state index in [4.69, 9.17) is 9.47 Å². The molecule has 4 atom stereocenters. The molecule has 4 rings (SSSR count). The van der Waals surface area contributed by atoms with Gasteiger partial charge in [0.25, 0.3) is 5.91 Å². The van der Waals surface area contributed by atoms with Crippen molar-refractivity contribution in [3.8, 4) is 11.5 Å². The van der Waals surface area contributed by atoms with Crippen LogP contribution in [0.15, 0.2) is 18.2 Å². The summed E-state index contributed by atoms with van der Waals surface area (Å²) >= 11 is 0. The molecule has 5 heteroatoms. The highest BCUT2D eigenvalue weighted by atomic mass is 16.5. The van der Waals surface area contributed by atoms with Gasteiger partial charge in [-0.25, -0.2) is 0 Å². The van der Waals surface area contributed by atoms with Gasteiger partial charge in [0, 0.05) is 31.2 Å². The minimum atomic E-state index is 0.0406. The van der Waals surface area contributed by atoms with Gasteiger partial charge in [0.1, 0.15) is 11.5 Å². The van der Waals surface area contributed by atoms with Gasteiger partial charge in [-0.3, -0.25) is 9.69 Å². The van der Waals surface area contributed by atoms with Gasteiger partial charge in [-0.15, -0.1) is 0 Å². The van der Waals surface area contributed by atoms with E-state index in [-0.39, 0.29) is 12.5 Å². The van der Waals surface area contributed by atoms with Crippen LogP contribution in [0.25, 0.3) is 0 Å². The zero-order valence-electron chi connectivity index (χ0n) is 18.2. The molecule has 160 valence electrons. The number of nitrogens with zero attached hydrogens (tertiary/aromatic N) is 2. The largest absolute Gasteiger partial charge is 0.497 e. The molecule has 3 aliphatic heterocycles. The Kier molecular flexibility index (Phi) is 6.33. The van der Waals surface area contributed by atoms with Gasteiger partial charge < -0.3 is 14.4 Å². The summed E-state index contributed by atoms with van der Waals surface area (Å²) in [6.07, 6.45) is 9.56. The molecule has 2 bridgehead atoms. The first-order chi connectivity index (χ1) is 14.1. The molecule has 2 fully saturated rings. The van der Waals surface area contributed by atoms with E-state index in [0.29, 0.717) is 5.92 Å². The molecule has 0 aliphatic carbocycles. The molecule has 0 spiro atoms. The summed E-state index contributed by atoms with van der Waals surface area (Å²) in [4.78, 5) is 17.3. The molecular formula is C24H36N2O3. The summed E-state index contributed by atoms with van der Waals surface area (Å²) in [5.41, 5.74) is 0.841. The topological polar surface area (TPSA) is 42.0 Å². The molecule has 1 aromatic rings. The summed E-state index contributed by atoms with van der Waals surface area (Å²) in [6, 6.07) is 7.22. The second-order valence-electron chi connectivity index (χ2n) is 9.29. The second kappa shape index (κ2) is 8.95. The molecular weight excluding hydrogens is 364 g/mol. The number of unbranched alkanes of at least 4 members (excludes halogenated alkanes) is 1. The number of anilines is 1. The minimum Gasteiger partial charge on any atom is -0.497 e. The number of methoxy groups -OCH3 is 1. The molecule has 29 heavy (non-hydrogen) atoms. The quantitative estimate of drug-likeness (QED) is 0.645. The maximum atomic E-state index is 12.6. The number of benzene rings is 1. The number of carbonyl (C=O) groups is 1. The monoisotopic (exact) mass is 400 g/mol. The number of ether oxygens (including phenoxy) is 2. The van der Waals surface area contributed by atoms with Crippen molar-refractivity contribution in [3.63, 3.8) is 0 Å². The van der Waals surface area contributed by atoms with Crippen LogP contribution < -0.4 is 14.4 Å². The van der Waals surface area contributed by atoms with E-state index in [2.05, 4.69) is 18.7 Å². The highest BCUT2D eigenvalue weighted by Crippen LogP contribution is 2.41. The maximum absolute atomic E-state index is 12.6. The van der Waals surface area contributed by atoms with E-state index in [1.165, 1.54) is 44.9 Å². The fraction of sp³-hybridized carbons (Fsp3) is 0.708. The number of hydrogen-bond donors (Lipinski definition) is 0. The molecule has 0 radical (unpaired) electrons. The van der Waals surface area contributed by atoms with Crippen LogP contribution in [0.1, 0.15) is 58.8 Å². The van der Waals surface area contributed by atoms with Crippen molar-refractivity contribution >= 4 is 11.6 Å². The Balaban J connectivity index is 1.39. The fourth-order valence-corrected chi connectivity index (χ4v) is 5.65. The normalized spacial score (nSPS) is 27.5. The average Bonchev–Trinajstić information content (AvgIpc) is 2.95. The van der Waals surface area contributed by atoms with E-state index < -0.39 is 0 Å². The number of amides is 1. The Morgan fingerprint density at radius 3 is 2.66 bits per heavy atom. The molecule has 3 heterocycles. The van der Waals surface area contributed by atoms with E-state index in [1.54, 1.807) is 7.11 Å². The van der Waals surface area contributed by atoms with Crippen LogP contribution in [0.3, 0.4) is 0 Å². The molecule has 3 aliphatic rings. The highest BCUT2D eigenvalue weighted by molar-refractivity contribution is 5.98. The summed E-state index contributed by atoms with van der Waals surface area (Å²) in [7, 11) is 1.65. The number of rotatable bonds is 8. The summed E-state index contributed by atoms with van der Waals surface area (Å²) in [5, 5.41) is 0. The smallest absolute Gasteiger partial charge is 0.265 e. The molecule has 2 unspecified atom stereocenters. The van der Waals surface area contributed by atoms with Crippen LogP contribution >= 0.6 is 0 Å². The van der Waals surface area contributed by atoms with Crippen molar-refractivity contribution in [2.24, 2.45) is 11.8 Å². The zero-order valence-corrected chi connectivity index (χ0v) is 18.2. The zero-order chi connectivity index (χ0) is 20.4. The Labute approximate surface area is 175 Å². The van der Waals surface area contributed by atoms with Crippen LogP contribution in [0.4, 0.5) is 5.69 Å². The lowest BCUT2D eigenvalue weighted by Crippen LogP contribution is -2.48. The molecule has 2 saturated heterocycles. The number of carbonyl (C=O) groups excluding carboxylic acids is 1. The third-order valence-electron chi connectivity index (χ3n) is 7.07. The van der Waals surface area contributed by atoms with E-state index in [1.807, 2.05) is 23.1 Å². The van der Waals surface area contributed by atoms with Gasteiger partial charge in [-0.05, 0) is 49.7 Å². The number of fused-ring (bicyclic) bond motifs is 3. The lowest BCUT2D eigenvalue weighted by Gasteiger charge is -2.41. The van der Waals surface area contributed by atoms with Gasteiger partial charge in [-0.1, -0.05) is 33.1 Å². The van der Waals surface area contributed by atoms with E-state index in [9.17, 15) is 4.79 Å². The maximum Gasteiger partial charge on any atom is 0.265 e. The Morgan fingerprint density at radius 1 is 1.21 bits per heavy atom. The van der Waals surface area contributed by atoms with Gasteiger partial charge in [0.05, 0.1) is 12.8 Å². The van der Waals surface area contributed by atoms with Crippen LogP contribution in [-0.2, 0) is 4.79 Å². The second-order valence-corrected chi connectivity index (χ2v) is 9.29. The SMILES string of the molecule is CCCCC1C[C@H]2CC[C@@H](C1)N2CC(C)CN1C(=O)COc2ccc(OC)cc21. The molecule has 5 nitrogen and oxygen atoms in total. The average molecular weight is 401 g/mol. The lowest BCUT2D eigenvalue weighted by molar-refractivity contribution is -0.121. The Hall–Kier alpha value is -1.75. The van der Waals surface area contributed by atoms with Crippen LogP contribution in [0.5, 0.6) is 11.5 Å². The standard InChI is InChI=1S/C24H36N2O3/c1-4-5-6-18-11-19-7-8-20(12-18)25(19)14-17(2)15-26-22-13-21(28-3)9-10-23(22)29-16-24(26)27/h9-10,13,17-20H,4-8,11-12,14-16H2,1-3H3/t17?,18?,19-,20+. The van der Waals surface area contributed by atoms with Crippen LogP contribution in [0.2, 0.25) is 0 Å². The molecule has 0 saturated carbocycles. The summed E-state index contributed by atoms with van der Waals surface area (Å²) < 4.78 is 11.0. The van der Waals surface area contributed by atoms with Crippen molar-refractivity contribution in [1.82, 2.24) is 4.90 Å². The minimum absolute atomic E-state index is 0.0406. The highest BCUT2D eigenvalue weighted by Gasteiger charge is 2.41. The molecule has 0 aromatic heterocycles. The van der Waals surface area contributed by atoms with Gasteiger partial charge in [0.2, 0.25) is 0 Å². The fourth-order valence-electron chi connectivity index (χ4n) is 5.65. The van der Waals surface area contributed by atoms with Crippen molar-refractivity contribution in [2.45, 2.75) is 70.9 Å². The lowest BCUT2D eigenvalue weighted by atomic mass is 9.86. The third-order valence-corrected chi connectivity index (χ3v) is 7.07. The Bertz CT molecular complexity index is 708. The first kappa shape index (κ1) is 20.5. The van der Waals surface area contributed by atoms with Crippen molar-refractivity contribution < 1.29 is 14.3 Å². The van der Waals surface area contributed by atoms with Gasteiger partial charge in [-0.2, -0.15) is 0 Å². The predicted molar refractivity (Wildman–Crippen MR) is 116 cm³/mol. The molecule has 0 N–H and O–H groups in total.